The van der Waals surface area contributed by atoms with Crippen molar-refractivity contribution in [3.63, 3.8) is 0 Å². The smallest absolute Gasteiger partial charge is 0.401 e. The standard InChI is InChI=1S/C21H30F3N3O4/c1-4-7-20(31)14(3)27(12-21(22,23)24)9-8-19(20,11-17(29)26-18(25)30)16-10-15(28)6-5-13(16)2/h5-6,10,14,28,31H,4,7-9,11-12H2,1-3H3,(H3,25,26,29,30). The van der Waals surface area contributed by atoms with Crippen molar-refractivity contribution in [2.24, 2.45) is 5.73 Å². The number of benzene rings is 1. The van der Waals surface area contributed by atoms with E-state index in [0.717, 1.165) is 4.90 Å². The number of rotatable bonds is 6. The SMILES string of the molecule is CCCC1(O)C(C)N(CC(F)(F)F)CCC1(CC(=O)NC(N)=O)c1cc(O)ccc1C. The van der Waals surface area contributed by atoms with E-state index in [-0.39, 0.29) is 31.6 Å². The zero-order chi connectivity index (χ0) is 23.6. The van der Waals surface area contributed by atoms with Crippen molar-refractivity contribution in [2.75, 3.05) is 13.1 Å². The fourth-order valence-corrected chi connectivity index (χ4v) is 5.01. The number of primary amides is 1. The topological polar surface area (TPSA) is 116 Å². The van der Waals surface area contributed by atoms with Crippen molar-refractivity contribution in [2.45, 2.75) is 69.7 Å². The summed E-state index contributed by atoms with van der Waals surface area (Å²) >= 11 is 0. The normalized spacial score (nSPS) is 27.1. The van der Waals surface area contributed by atoms with Gasteiger partial charge < -0.3 is 15.9 Å². The summed E-state index contributed by atoms with van der Waals surface area (Å²) in [5.74, 6) is -0.847. The van der Waals surface area contributed by atoms with E-state index in [0.29, 0.717) is 17.5 Å². The molecule has 3 unspecified atom stereocenters. The minimum atomic E-state index is -4.45. The van der Waals surface area contributed by atoms with Gasteiger partial charge in [0, 0.05) is 17.9 Å². The van der Waals surface area contributed by atoms with Gasteiger partial charge in [0.05, 0.1) is 12.1 Å². The lowest BCUT2D eigenvalue weighted by atomic mass is 9.56. The molecule has 174 valence electrons. The second-order valence-corrected chi connectivity index (χ2v) is 8.36. The number of phenols is 1. The number of phenolic OH excluding ortho intramolecular Hbond substituents is 1. The highest BCUT2D eigenvalue weighted by Crippen LogP contribution is 2.52. The minimum absolute atomic E-state index is 0.0143. The summed E-state index contributed by atoms with van der Waals surface area (Å²) in [7, 11) is 0. The van der Waals surface area contributed by atoms with Gasteiger partial charge in [0.1, 0.15) is 5.75 Å². The van der Waals surface area contributed by atoms with Crippen LogP contribution in [-0.4, -0.2) is 58.0 Å². The van der Waals surface area contributed by atoms with Crippen LogP contribution in [0.2, 0.25) is 0 Å². The van der Waals surface area contributed by atoms with Gasteiger partial charge in [-0.05, 0) is 56.5 Å². The average molecular weight is 445 g/mol. The number of aromatic hydroxyl groups is 1. The fraction of sp³-hybridized carbons (Fsp3) is 0.619. The molecular weight excluding hydrogens is 415 g/mol. The molecule has 1 heterocycles. The largest absolute Gasteiger partial charge is 0.508 e. The van der Waals surface area contributed by atoms with Gasteiger partial charge in [-0.1, -0.05) is 19.4 Å². The first-order valence-corrected chi connectivity index (χ1v) is 10.2. The second-order valence-electron chi connectivity index (χ2n) is 8.36. The van der Waals surface area contributed by atoms with Gasteiger partial charge in [-0.15, -0.1) is 0 Å². The molecule has 1 aliphatic rings. The highest BCUT2D eigenvalue weighted by Gasteiger charge is 2.59. The Labute approximate surface area is 179 Å². The number of halogens is 3. The number of hydrogen-bond acceptors (Lipinski definition) is 5. The molecule has 1 aromatic rings. The van der Waals surface area contributed by atoms with Gasteiger partial charge in [0.15, 0.2) is 0 Å². The number of aliphatic hydroxyl groups is 1. The lowest BCUT2D eigenvalue weighted by Gasteiger charge is -2.58. The first-order valence-electron chi connectivity index (χ1n) is 10.2. The van der Waals surface area contributed by atoms with E-state index in [1.165, 1.54) is 19.1 Å². The zero-order valence-electron chi connectivity index (χ0n) is 17.9. The Morgan fingerprint density at radius 1 is 1.35 bits per heavy atom. The number of urea groups is 1. The lowest BCUT2D eigenvalue weighted by Crippen LogP contribution is -2.69. The van der Waals surface area contributed by atoms with Crippen LogP contribution in [0.3, 0.4) is 0 Å². The minimum Gasteiger partial charge on any atom is -0.508 e. The summed E-state index contributed by atoms with van der Waals surface area (Å²) in [6.45, 7) is 3.81. The van der Waals surface area contributed by atoms with Crippen LogP contribution >= 0.6 is 0 Å². The van der Waals surface area contributed by atoms with Gasteiger partial charge in [-0.2, -0.15) is 13.2 Å². The molecule has 0 aliphatic carbocycles. The molecular formula is C21H30F3N3O4. The van der Waals surface area contributed by atoms with Crippen LogP contribution in [0.25, 0.3) is 0 Å². The molecule has 0 saturated carbocycles. The zero-order valence-corrected chi connectivity index (χ0v) is 17.9. The Balaban J connectivity index is 2.67. The summed E-state index contributed by atoms with van der Waals surface area (Å²) in [6, 6.07) is 2.49. The van der Waals surface area contributed by atoms with Gasteiger partial charge in [0.25, 0.3) is 0 Å². The fourth-order valence-electron chi connectivity index (χ4n) is 5.01. The molecule has 3 amide bonds. The molecule has 1 saturated heterocycles. The number of carbonyl (C=O) groups excluding carboxylic acids is 2. The number of carbonyl (C=O) groups is 2. The van der Waals surface area contributed by atoms with Crippen LogP contribution in [-0.2, 0) is 10.2 Å². The van der Waals surface area contributed by atoms with E-state index >= 15 is 0 Å². The van der Waals surface area contributed by atoms with E-state index in [1.54, 1.807) is 19.9 Å². The maximum atomic E-state index is 13.2. The third-order valence-corrected chi connectivity index (χ3v) is 6.37. The molecule has 1 aliphatic heterocycles. The van der Waals surface area contributed by atoms with Crippen LogP contribution < -0.4 is 11.1 Å². The third kappa shape index (κ3) is 5.12. The molecule has 1 aromatic carbocycles. The summed E-state index contributed by atoms with van der Waals surface area (Å²) < 4.78 is 39.5. The number of piperidine rings is 1. The number of alkyl halides is 3. The highest BCUT2D eigenvalue weighted by molar-refractivity contribution is 5.94. The van der Waals surface area contributed by atoms with Crippen molar-refractivity contribution in [3.8, 4) is 5.75 Å². The third-order valence-electron chi connectivity index (χ3n) is 6.37. The maximum Gasteiger partial charge on any atom is 0.401 e. The van der Waals surface area contributed by atoms with Crippen LogP contribution in [0, 0.1) is 6.92 Å². The number of nitrogens with one attached hydrogen (secondary N) is 1. The highest BCUT2D eigenvalue weighted by atomic mass is 19.4. The van der Waals surface area contributed by atoms with Gasteiger partial charge in [0.2, 0.25) is 5.91 Å². The monoisotopic (exact) mass is 445 g/mol. The molecule has 0 spiro atoms. The Kier molecular flexibility index (Phi) is 7.27. The first-order chi connectivity index (χ1) is 14.3. The number of amides is 3. The molecule has 1 fully saturated rings. The molecule has 0 aromatic heterocycles. The van der Waals surface area contributed by atoms with Crippen LogP contribution in [0.1, 0.15) is 50.7 Å². The van der Waals surface area contributed by atoms with Gasteiger partial charge >= 0.3 is 12.2 Å². The molecule has 0 bridgehead atoms. The molecule has 0 radical (unpaired) electrons. The molecule has 7 nitrogen and oxygen atoms in total. The first kappa shape index (κ1) is 24.9. The van der Waals surface area contributed by atoms with Crippen molar-refractivity contribution in [1.29, 1.82) is 0 Å². The molecule has 10 heteroatoms. The molecule has 5 N–H and O–H groups in total. The van der Waals surface area contributed by atoms with Gasteiger partial charge in [-0.25, -0.2) is 4.79 Å². The molecule has 2 rings (SSSR count). The summed E-state index contributed by atoms with van der Waals surface area (Å²) in [4.78, 5) is 25.0. The van der Waals surface area contributed by atoms with Crippen molar-refractivity contribution in [3.05, 3.63) is 29.3 Å². The Morgan fingerprint density at radius 2 is 2.00 bits per heavy atom. The lowest BCUT2D eigenvalue weighted by molar-refractivity contribution is -0.191. The van der Waals surface area contributed by atoms with E-state index in [9.17, 15) is 33.0 Å². The predicted molar refractivity (Wildman–Crippen MR) is 108 cm³/mol. The molecule has 3 atom stereocenters. The van der Waals surface area contributed by atoms with Crippen LogP contribution in [0.4, 0.5) is 18.0 Å². The van der Waals surface area contributed by atoms with E-state index < -0.39 is 41.7 Å². The Bertz CT molecular complexity index is 833. The number of nitrogens with zero attached hydrogens (tertiary/aromatic N) is 1. The van der Waals surface area contributed by atoms with Crippen LogP contribution in [0.15, 0.2) is 18.2 Å². The number of nitrogens with two attached hydrogens (primary N) is 1. The van der Waals surface area contributed by atoms with Crippen molar-refractivity contribution in [1.82, 2.24) is 10.2 Å². The second kappa shape index (κ2) is 9.04. The number of likely N-dealkylation sites (tertiary alicyclic amines) is 1. The van der Waals surface area contributed by atoms with E-state index in [2.05, 4.69) is 0 Å². The van der Waals surface area contributed by atoms with E-state index in [1.807, 2.05) is 5.32 Å². The van der Waals surface area contributed by atoms with Crippen LogP contribution in [0.5, 0.6) is 5.75 Å². The summed E-state index contributed by atoms with van der Waals surface area (Å²) in [6.07, 6.45) is -4.26. The molecule has 31 heavy (non-hydrogen) atoms. The summed E-state index contributed by atoms with van der Waals surface area (Å²) in [5, 5.41) is 24.1. The van der Waals surface area contributed by atoms with Gasteiger partial charge in [-0.3, -0.25) is 15.0 Å². The number of imide groups is 1. The Hall–Kier alpha value is -2.33. The maximum absolute atomic E-state index is 13.2. The predicted octanol–water partition coefficient (Wildman–Crippen LogP) is 2.71. The van der Waals surface area contributed by atoms with E-state index in [4.69, 9.17) is 5.73 Å². The number of hydrogen-bond donors (Lipinski definition) is 4. The summed E-state index contributed by atoms with van der Waals surface area (Å²) in [5.41, 5.74) is 3.10. The van der Waals surface area contributed by atoms with Crippen molar-refractivity contribution < 1.29 is 33.0 Å². The number of aryl methyl sites for hydroxylation is 1. The van der Waals surface area contributed by atoms with Crippen molar-refractivity contribution >= 4 is 11.9 Å². The quantitative estimate of drug-likeness (QED) is 0.537. The Morgan fingerprint density at radius 3 is 2.55 bits per heavy atom. The average Bonchev–Trinajstić information content (AvgIpc) is 2.62.